The van der Waals surface area contributed by atoms with Crippen molar-refractivity contribution >= 4 is 11.9 Å². The molecule has 29 heavy (non-hydrogen) atoms. The molecule has 0 fully saturated rings. The minimum absolute atomic E-state index is 0.128. The summed E-state index contributed by atoms with van der Waals surface area (Å²) in [6.07, 6.45) is 4.87. The van der Waals surface area contributed by atoms with Crippen LogP contribution in [0.1, 0.15) is 36.5 Å². The summed E-state index contributed by atoms with van der Waals surface area (Å²) in [7, 11) is 0. The number of hydrogen-bond donors (Lipinski definition) is 0. The van der Waals surface area contributed by atoms with E-state index in [9.17, 15) is 4.79 Å². The smallest absolute Gasteiger partial charge is 0.162 e. The highest BCUT2D eigenvalue weighted by Crippen LogP contribution is 2.30. The fourth-order valence-corrected chi connectivity index (χ4v) is 2.85. The number of carbonyl (C=O) groups excluding carboxylic acids is 1. The van der Waals surface area contributed by atoms with Gasteiger partial charge in [0.1, 0.15) is 13.2 Å². The molecular weight excluding hydrogens is 360 g/mol. The van der Waals surface area contributed by atoms with Crippen LogP contribution in [-0.4, -0.2) is 5.78 Å². The molecule has 3 nitrogen and oxygen atoms in total. The fraction of sp³-hybridized carbons (Fsp3) is 0.192. The second-order valence-electron chi connectivity index (χ2n) is 6.80. The summed E-state index contributed by atoms with van der Waals surface area (Å²) in [5, 5.41) is 0. The lowest BCUT2D eigenvalue weighted by molar-refractivity contribution is -0.114. The third-order valence-corrected chi connectivity index (χ3v) is 4.40. The maximum absolute atomic E-state index is 11.8. The maximum atomic E-state index is 11.8. The first-order valence-electron chi connectivity index (χ1n) is 9.93. The van der Waals surface area contributed by atoms with E-state index in [0.717, 1.165) is 23.1 Å². The lowest BCUT2D eigenvalue weighted by Crippen LogP contribution is -2.01. The Bertz CT molecular complexity index is 931. The van der Waals surface area contributed by atoms with Crippen LogP contribution < -0.4 is 9.47 Å². The van der Waals surface area contributed by atoms with E-state index in [1.165, 1.54) is 0 Å². The van der Waals surface area contributed by atoms with Crippen molar-refractivity contribution in [3.63, 3.8) is 0 Å². The zero-order valence-corrected chi connectivity index (χ0v) is 16.7. The lowest BCUT2D eigenvalue weighted by atomic mass is 10.1. The van der Waals surface area contributed by atoms with Gasteiger partial charge in [-0.25, -0.2) is 0 Å². The molecule has 0 unspecified atom stereocenters. The van der Waals surface area contributed by atoms with Gasteiger partial charge in [-0.1, -0.05) is 79.7 Å². The summed E-state index contributed by atoms with van der Waals surface area (Å²) >= 11 is 0. The number of hydrogen-bond acceptors (Lipinski definition) is 3. The Morgan fingerprint density at radius 1 is 0.793 bits per heavy atom. The zero-order valence-electron chi connectivity index (χ0n) is 16.7. The Kier molecular flexibility index (Phi) is 7.64. The molecule has 0 aliphatic heterocycles. The summed E-state index contributed by atoms with van der Waals surface area (Å²) in [6, 6.07) is 25.8. The normalized spacial score (nSPS) is 10.8. The number of carbonyl (C=O) groups is 1. The van der Waals surface area contributed by atoms with Crippen molar-refractivity contribution in [2.24, 2.45) is 0 Å². The van der Waals surface area contributed by atoms with E-state index in [1.807, 2.05) is 91.9 Å². The summed E-state index contributed by atoms with van der Waals surface area (Å²) in [5.74, 6) is 1.47. The van der Waals surface area contributed by atoms with Crippen LogP contribution in [0.3, 0.4) is 0 Å². The molecule has 0 spiro atoms. The molecule has 0 bridgehead atoms. The van der Waals surface area contributed by atoms with Crippen molar-refractivity contribution in [3.05, 3.63) is 102 Å². The SMILES string of the molecule is CCCC(=O)C=Cc1ccc(OCc2ccccc2)c(OCc2ccccc2)c1. The van der Waals surface area contributed by atoms with Crippen LogP contribution >= 0.6 is 0 Å². The summed E-state index contributed by atoms with van der Waals surface area (Å²) in [5.41, 5.74) is 3.08. The van der Waals surface area contributed by atoms with Crippen LogP contribution in [0.2, 0.25) is 0 Å². The van der Waals surface area contributed by atoms with Crippen molar-refractivity contribution in [2.45, 2.75) is 33.0 Å². The van der Waals surface area contributed by atoms with Gasteiger partial charge >= 0.3 is 0 Å². The van der Waals surface area contributed by atoms with Crippen LogP contribution in [0.15, 0.2) is 84.9 Å². The van der Waals surface area contributed by atoms with Gasteiger partial charge in [0.05, 0.1) is 0 Å². The fourth-order valence-electron chi connectivity index (χ4n) is 2.85. The molecule has 3 rings (SSSR count). The van der Waals surface area contributed by atoms with Crippen molar-refractivity contribution in [1.29, 1.82) is 0 Å². The molecule has 0 aliphatic rings. The average molecular weight is 386 g/mol. The minimum atomic E-state index is 0.128. The lowest BCUT2D eigenvalue weighted by Gasteiger charge is -2.14. The monoisotopic (exact) mass is 386 g/mol. The summed E-state index contributed by atoms with van der Waals surface area (Å²) < 4.78 is 12.1. The van der Waals surface area contributed by atoms with Gasteiger partial charge in [0.25, 0.3) is 0 Å². The second-order valence-corrected chi connectivity index (χ2v) is 6.80. The van der Waals surface area contributed by atoms with E-state index >= 15 is 0 Å². The van der Waals surface area contributed by atoms with Gasteiger partial charge in [0.2, 0.25) is 0 Å². The summed E-state index contributed by atoms with van der Waals surface area (Å²) in [4.78, 5) is 11.8. The van der Waals surface area contributed by atoms with Crippen molar-refractivity contribution < 1.29 is 14.3 Å². The molecule has 0 aliphatic carbocycles. The van der Waals surface area contributed by atoms with Crippen LogP contribution in [0.25, 0.3) is 6.08 Å². The first kappa shape index (κ1) is 20.4. The Hall–Kier alpha value is -3.33. The zero-order chi connectivity index (χ0) is 20.3. The van der Waals surface area contributed by atoms with Gasteiger partial charge in [-0.05, 0) is 41.3 Å². The molecule has 0 amide bonds. The molecule has 0 radical (unpaired) electrons. The topological polar surface area (TPSA) is 35.5 Å². The van der Waals surface area contributed by atoms with Crippen LogP contribution in [0, 0.1) is 0 Å². The highest BCUT2D eigenvalue weighted by molar-refractivity contribution is 5.93. The molecule has 0 N–H and O–H groups in total. The van der Waals surface area contributed by atoms with Crippen molar-refractivity contribution in [2.75, 3.05) is 0 Å². The molecule has 3 aromatic carbocycles. The van der Waals surface area contributed by atoms with Gasteiger partial charge < -0.3 is 9.47 Å². The number of rotatable bonds is 10. The molecule has 0 aromatic heterocycles. The predicted molar refractivity (Wildman–Crippen MR) is 117 cm³/mol. The average Bonchev–Trinajstić information content (AvgIpc) is 2.77. The van der Waals surface area contributed by atoms with Gasteiger partial charge in [-0.3, -0.25) is 4.79 Å². The number of allylic oxidation sites excluding steroid dienone is 1. The first-order valence-corrected chi connectivity index (χ1v) is 9.93. The first-order chi connectivity index (χ1) is 14.2. The molecular formula is C26H26O3. The maximum Gasteiger partial charge on any atom is 0.162 e. The van der Waals surface area contributed by atoms with E-state index in [2.05, 4.69) is 0 Å². The summed E-state index contributed by atoms with van der Waals surface area (Å²) in [6.45, 7) is 2.91. The van der Waals surface area contributed by atoms with E-state index in [0.29, 0.717) is 31.1 Å². The Morgan fingerprint density at radius 2 is 1.38 bits per heavy atom. The predicted octanol–water partition coefficient (Wildman–Crippen LogP) is 6.23. The molecule has 148 valence electrons. The van der Waals surface area contributed by atoms with E-state index < -0.39 is 0 Å². The second kappa shape index (κ2) is 10.9. The minimum Gasteiger partial charge on any atom is -0.485 e. The number of ketones is 1. The molecule has 0 atom stereocenters. The van der Waals surface area contributed by atoms with Gasteiger partial charge in [0.15, 0.2) is 17.3 Å². The molecule has 3 heteroatoms. The van der Waals surface area contributed by atoms with Gasteiger partial charge in [0, 0.05) is 6.42 Å². The van der Waals surface area contributed by atoms with E-state index in [1.54, 1.807) is 6.08 Å². The molecule has 3 aromatic rings. The highest BCUT2D eigenvalue weighted by Gasteiger charge is 2.08. The number of ether oxygens (including phenoxy) is 2. The Balaban J connectivity index is 1.76. The third-order valence-electron chi connectivity index (χ3n) is 4.40. The standard InChI is InChI=1S/C26H26O3/c1-2-9-24(27)16-14-21-15-17-25(28-19-22-10-5-3-6-11-22)26(18-21)29-20-23-12-7-4-8-13-23/h3-8,10-18H,2,9,19-20H2,1H3. The van der Waals surface area contributed by atoms with Crippen LogP contribution in [0.4, 0.5) is 0 Å². The number of benzene rings is 3. The van der Waals surface area contributed by atoms with Gasteiger partial charge in [-0.15, -0.1) is 0 Å². The third kappa shape index (κ3) is 6.65. The molecule has 0 heterocycles. The van der Waals surface area contributed by atoms with E-state index in [4.69, 9.17) is 9.47 Å². The highest BCUT2D eigenvalue weighted by atomic mass is 16.5. The van der Waals surface area contributed by atoms with Gasteiger partial charge in [-0.2, -0.15) is 0 Å². The van der Waals surface area contributed by atoms with Crippen molar-refractivity contribution in [3.8, 4) is 11.5 Å². The van der Waals surface area contributed by atoms with E-state index in [-0.39, 0.29) is 5.78 Å². The van der Waals surface area contributed by atoms with Crippen molar-refractivity contribution in [1.82, 2.24) is 0 Å². The Morgan fingerprint density at radius 3 is 1.97 bits per heavy atom. The molecule has 0 saturated carbocycles. The largest absolute Gasteiger partial charge is 0.485 e. The van der Waals surface area contributed by atoms with Crippen LogP contribution in [0.5, 0.6) is 11.5 Å². The Labute approximate surface area is 172 Å². The molecule has 0 saturated heterocycles. The van der Waals surface area contributed by atoms with Crippen LogP contribution in [-0.2, 0) is 18.0 Å². The quantitative estimate of drug-likeness (QED) is 0.388.